The number of benzene rings is 2. The maximum atomic E-state index is 12.6. The second-order valence-electron chi connectivity index (χ2n) is 4.52. The van der Waals surface area contributed by atoms with Gasteiger partial charge in [-0.3, -0.25) is 5.43 Å². The summed E-state index contributed by atoms with van der Waals surface area (Å²) in [6.07, 6.45) is -4.39. The van der Waals surface area contributed by atoms with Gasteiger partial charge in [-0.2, -0.15) is 18.3 Å². The summed E-state index contributed by atoms with van der Waals surface area (Å²) in [6.45, 7) is 1.71. The third-order valence-electron chi connectivity index (χ3n) is 2.88. The van der Waals surface area contributed by atoms with Crippen LogP contribution in [-0.4, -0.2) is 5.71 Å². The van der Waals surface area contributed by atoms with Crippen LogP contribution in [0, 0.1) is 0 Å². The Morgan fingerprint density at radius 2 is 1.77 bits per heavy atom. The summed E-state index contributed by atoms with van der Waals surface area (Å²) in [5.74, 6) is 0. The normalized spacial score (nSPS) is 12.4. The van der Waals surface area contributed by atoms with Gasteiger partial charge in [0.1, 0.15) is 0 Å². The van der Waals surface area contributed by atoms with E-state index in [0.29, 0.717) is 21.3 Å². The number of nitrogens with zero attached hydrogens (tertiary/aromatic N) is 1. The Balaban J connectivity index is 2.19. The van der Waals surface area contributed by atoms with Crippen LogP contribution in [0.4, 0.5) is 18.9 Å². The number of alkyl halides is 3. The molecule has 0 aliphatic heterocycles. The number of halogens is 5. The van der Waals surface area contributed by atoms with Crippen LogP contribution >= 0.6 is 23.2 Å². The second kappa shape index (κ2) is 6.58. The number of nitrogens with one attached hydrogen (secondary N) is 1. The molecule has 0 bridgehead atoms. The zero-order valence-electron chi connectivity index (χ0n) is 11.4. The van der Waals surface area contributed by atoms with Gasteiger partial charge >= 0.3 is 6.18 Å². The summed E-state index contributed by atoms with van der Waals surface area (Å²) in [5, 5.41) is 4.86. The minimum absolute atomic E-state index is 0.245. The van der Waals surface area contributed by atoms with Crippen LogP contribution in [0.5, 0.6) is 0 Å². The highest BCUT2D eigenvalue weighted by Crippen LogP contribution is 2.30. The number of hydrogen-bond donors (Lipinski definition) is 1. The molecule has 0 aromatic heterocycles. The highest BCUT2D eigenvalue weighted by Gasteiger charge is 2.30. The zero-order chi connectivity index (χ0) is 16.3. The molecule has 0 saturated carbocycles. The van der Waals surface area contributed by atoms with Crippen LogP contribution in [0.1, 0.15) is 18.1 Å². The van der Waals surface area contributed by atoms with E-state index in [2.05, 4.69) is 10.5 Å². The fourth-order valence-electron chi connectivity index (χ4n) is 1.70. The smallest absolute Gasteiger partial charge is 0.278 e. The molecule has 0 saturated heterocycles. The van der Waals surface area contributed by atoms with Crippen LogP contribution in [0.25, 0.3) is 0 Å². The van der Waals surface area contributed by atoms with Gasteiger partial charge in [0.25, 0.3) is 0 Å². The molecular formula is C15H11Cl2F3N2. The quantitative estimate of drug-likeness (QED) is 0.547. The summed E-state index contributed by atoms with van der Waals surface area (Å²) < 4.78 is 37.9. The van der Waals surface area contributed by atoms with Gasteiger partial charge in [-0.15, -0.1) is 0 Å². The average molecular weight is 347 g/mol. The number of rotatable bonds is 3. The molecule has 0 aliphatic carbocycles. The van der Waals surface area contributed by atoms with E-state index in [1.807, 2.05) is 0 Å². The van der Waals surface area contributed by atoms with Crippen molar-refractivity contribution in [3.05, 3.63) is 63.6 Å². The first-order chi connectivity index (χ1) is 10.3. The SMILES string of the molecule is C/C(=N\Nc1cccc(C(F)(F)F)c1)c1ccc(Cl)c(Cl)c1. The Hall–Kier alpha value is -1.72. The Bertz CT molecular complexity index is 712. The Morgan fingerprint density at radius 3 is 2.41 bits per heavy atom. The minimum Gasteiger partial charge on any atom is -0.278 e. The van der Waals surface area contributed by atoms with Crippen molar-refractivity contribution < 1.29 is 13.2 Å². The van der Waals surface area contributed by atoms with Gasteiger partial charge in [-0.25, -0.2) is 0 Å². The van der Waals surface area contributed by atoms with Crippen LogP contribution in [-0.2, 0) is 6.18 Å². The van der Waals surface area contributed by atoms with Crippen molar-refractivity contribution in [1.29, 1.82) is 0 Å². The molecule has 0 unspecified atom stereocenters. The highest BCUT2D eigenvalue weighted by molar-refractivity contribution is 6.42. The molecule has 0 amide bonds. The molecule has 0 heterocycles. The lowest BCUT2D eigenvalue weighted by atomic mass is 10.1. The van der Waals surface area contributed by atoms with Crippen molar-refractivity contribution in [3.63, 3.8) is 0 Å². The molecular weight excluding hydrogens is 336 g/mol. The van der Waals surface area contributed by atoms with E-state index in [0.717, 1.165) is 12.1 Å². The van der Waals surface area contributed by atoms with E-state index in [4.69, 9.17) is 23.2 Å². The van der Waals surface area contributed by atoms with Crippen molar-refractivity contribution in [2.75, 3.05) is 5.43 Å². The molecule has 2 aromatic rings. The van der Waals surface area contributed by atoms with Crippen molar-refractivity contribution in [1.82, 2.24) is 0 Å². The van der Waals surface area contributed by atoms with Gasteiger partial charge in [-0.05, 0) is 42.8 Å². The van der Waals surface area contributed by atoms with E-state index in [1.54, 1.807) is 25.1 Å². The number of hydrogen-bond acceptors (Lipinski definition) is 2. The third kappa shape index (κ3) is 4.15. The molecule has 2 nitrogen and oxygen atoms in total. The molecule has 0 aliphatic rings. The predicted octanol–water partition coefficient (Wildman–Crippen LogP) is 5.85. The molecule has 1 N–H and O–H groups in total. The van der Waals surface area contributed by atoms with Crippen molar-refractivity contribution >= 4 is 34.6 Å². The van der Waals surface area contributed by atoms with E-state index >= 15 is 0 Å². The average Bonchev–Trinajstić information content (AvgIpc) is 2.47. The summed E-state index contributed by atoms with van der Waals surface area (Å²) in [5.41, 5.74) is 3.39. The molecule has 0 radical (unpaired) electrons. The second-order valence-corrected chi connectivity index (χ2v) is 5.33. The molecule has 0 fully saturated rings. The third-order valence-corrected chi connectivity index (χ3v) is 3.62. The molecule has 2 aromatic carbocycles. The Labute approximate surface area is 135 Å². The lowest BCUT2D eigenvalue weighted by Crippen LogP contribution is -2.05. The first kappa shape index (κ1) is 16.6. The monoisotopic (exact) mass is 346 g/mol. The van der Waals surface area contributed by atoms with Gasteiger partial charge in [0.05, 0.1) is 27.0 Å². The molecule has 2 rings (SSSR count). The summed E-state index contributed by atoms with van der Waals surface area (Å²) >= 11 is 11.7. The first-order valence-electron chi connectivity index (χ1n) is 6.20. The van der Waals surface area contributed by atoms with Crippen molar-refractivity contribution in [2.24, 2.45) is 5.10 Å². The summed E-state index contributed by atoms with van der Waals surface area (Å²) in [4.78, 5) is 0. The standard InChI is InChI=1S/C15H11Cl2F3N2/c1-9(10-5-6-13(16)14(17)7-10)21-22-12-4-2-3-11(8-12)15(18,19)20/h2-8,22H,1H3/b21-9+. The summed E-state index contributed by atoms with van der Waals surface area (Å²) in [7, 11) is 0. The first-order valence-corrected chi connectivity index (χ1v) is 6.96. The van der Waals surface area contributed by atoms with E-state index < -0.39 is 11.7 Å². The van der Waals surface area contributed by atoms with E-state index in [1.165, 1.54) is 12.1 Å². The lowest BCUT2D eigenvalue weighted by molar-refractivity contribution is -0.137. The van der Waals surface area contributed by atoms with Crippen molar-refractivity contribution in [3.8, 4) is 0 Å². The highest BCUT2D eigenvalue weighted by atomic mass is 35.5. The fraction of sp³-hybridized carbons (Fsp3) is 0.133. The maximum absolute atomic E-state index is 12.6. The number of hydrazone groups is 1. The predicted molar refractivity (Wildman–Crippen MR) is 83.7 cm³/mol. The van der Waals surface area contributed by atoms with Crippen LogP contribution in [0.15, 0.2) is 47.6 Å². The van der Waals surface area contributed by atoms with Gasteiger partial charge in [0.15, 0.2) is 0 Å². The fourth-order valence-corrected chi connectivity index (χ4v) is 2.00. The topological polar surface area (TPSA) is 24.4 Å². The van der Waals surface area contributed by atoms with Gasteiger partial charge < -0.3 is 0 Å². The van der Waals surface area contributed by atoms with Crippen LogP contribution in [0.3, 0.4) is 0 Å². The molecule has 0 spiro atoms. The molecule has 7 heteroatoms. The van der Waals surface area contributed by atoms with Gasteiger partial charge in [0.2, 0.25) is 0 Å². The molecule has 116 valence electrons. The maximum Gasteiger partial charge on any atom is 0.416 e. The Morgan fingerprint density at radius 1 is 1.05 bits per heavy atom. The Kier molecular flexibility index (Phi) is 4.98. The van der Waals surface area contributed by atoms with Crippen molar-refractivity contribution in [2.45, 2.75) is 13.1 Å². The van der Waals surface area contributed by atoms with Crippen LogP contribution < -0.4 is 5.43 Å². The number of anilines is 1. The van der Waals surface area contributed by atoms with Gasteiger partial charge in [0, 0.05) is 0 Å². The largest absolute Gasteiger partial charge is 0.416 e. The molecule has 0 atom stereocenters. The summed E-state index contributed by atoms with van der Waals surface area (Å²) in [6, 6.07) is 9.79. The minimum atomic E-state index is -4.39. The van der Waals surface area contributed by atoms with E-state index in [-0.39, 0.29) is 5.69 Å². The zero-order valence-corrected chi connectivity index (χ0v) is 12.9. The van der Waals surface area contributed by atoms with E-state index in [9.17, 15) is 13.2 Å². The molecule has 22 heavy (non-hydrogen) atoms. The van der Waals surface area contributed by atoms with Crippen LogP contribution in [0.2, 0.25) is 10.0 Å². The van der Waals surface area contributed by atoms with Gasteiger partial charge in [-0.1, -0.05) is 35.3 Å². The lowest BCUT2D eigenvalue weighted by Gasteiger charge is -2.09.